The van der Waals surface area contributed by atoms with E-state index in [1.54, 1.807) is 22.0 Å². The van der Waals surface area contributed by atoms with Gasteiger partial charge in [0, 0.05) is 25.2 Å². The molecule has 0 aliphatic carbocycles. The van der Waals surface area contributed by atoms with Crippen LogP contribution in [0.25, 0.3) is 0 Å². The van der Waals surface area contributed by atoms with Crippen LogP contribution in [0.4, 0.5) is 0 Å². The Labute approximate surface area is 270 Å². The summed E-state index contributed by atoms with van der Waals surface area (Å²) in [5.41, 5.74) is -0.777. The molecule has 0 aromatic heterocycles. The van der Waals surface area contributed by atoms with Gasteiger partial charge >= 0.3 is 0 Å². The minimum atomic E-state index is -1.15. The monoisotopic (exact) mass is 621 g/mol. The Morgan fingerprint density at radius 1 is 1.09 bits per heavy atom. The largest absolute Gasteiger partial charge is 0.394 e. The SMILES string of the molecule is C=CCN(Cc1ccccc1)C(=O)[C@@H]1[C@@H]2CCC3(O2)C(C(=O)N(CC=C)C(C)(C)CC(C)(C)C)N([C@@H](CO)CC(C)C)C(=O)[C@H]13. The number of rotatable bonds is 14. The van der Waals surface area contributed by atoms with Gasteiger partial charge in [-0.05, 0) is 56.4 Å². The van der Waals surface area contributed by atoms with Crippen molar-refractivity contribution in [3.05, 3.63) is 61.2 Å². The smallest absolute Gasteiger partial charge is 0.249 e. The summed E-state index contributed by atoms with van der Waals surface area (Å²) in [6.07, 6.45) is 5.33. The van der Waals surface area contributed by atoms with Gasteiger partial charge in [0.05, 0.1) is 30.6 Å². The summed E-state index contributed by atoms with van der Waals surface area (Å²) in [5.74, 6) is -1.98. The van der Waals surface area contributed by atoms with Crippen molar-refractivity contribution >= 4 is 17.7 Å². The van der Waals surface area contributed by atoms with E-state index in [1.807, 2.05) is 49.1 Å². The zero-order valence-corrected chi connectivity index (χ0v) is 28.5. The number of carbonyl (C=O) groups is 3. The average Bonchev–Trinajstić information content (AvgIpc) is 3.60. The highest BCUT2D eigenvalue weighted by molar-refractivity contribution is 5.99. The maximum atomic E-state index is 15.0. The van der Waals surface area contributed by atoms with Gasteiger partial charge in [-0.25, -0.2) is 0 Å². The Hall–Kier alpha value is -2.97. The van der Waals surface area contributed by atoms with Crippen molar-refractivity contribution in [2.24, 2.45) is 23.2 Å². The summed E-state index contributed by atoms with van der Waals surface area (Å²) >= 11 is 0. The van der Waals surface area contributed by atoms with Crippen LogP contribution < -0.4 is 0 Å². The van der Waals surface area contributed by atoms with E-state index in [1.165, 1.54) is 0 Å². The molecule has 1 N–H and O–H groups in total. The Bertz CT molecular complexity index is 1250. The van der Waals surface area contributed by atoms with E-state index in [2.05, 4.69) is 47.8 Å². The lowest BCUT2D eigenvalue weighted by atomic mass is 9.70. The fraction of sp³-hybridized carbons (Fsp3) is 0.649. The first-order chi connectivity index (χ1) is 21.1. The zero-order chi connectivity index (χ0) is 33.3. The van der Waals surface area contributed by atoms with Crippen molar-refractivity contribution in [3.63, 3.8) is 0 Å². The van der Waals surface area contributed by atoms with E-state index in [9.17, 15) is 14.7 Å². The minimum Gasteiger partial charge on any atom is -0.394 e. The number of aliphatic hydroxyl groups excluding tert-OH is 1. The van der Waals surface area contributed by atoms with E-state index in [0.29, 0.717) is 38.9 Å². The maximum Gasteiger partial charge on any atom is 0.249 e. The molecule has 248 valence electrons. The van der Waals surface area contributed by atoms with Crippen LogP contribution in [0.5, 0.6) is 0 Å². The van der Waals surface area contributed by atoms with Gasteiger partial charge in [-0.1, -0.05) is 77.1 Å². The van der Waals surface area contributed by atoms with Crippen LogP contribution in [0.2, 0.25) is 0 Å². The first kappa shape index (κ1) is 34.9. The predicted molar refractivity (Wildman–Crippen MR) is 177 cm³/mol. The fourth-order valence-electron chi connectivity index (χ4n) is 8.57. The molecule has 45 heavy (non-hydrogen) atoms. The molecule has 3 aliphatic rings. The zero-order valence-electron chi connectivity index (χ0n) is 28.5. The van der Waals surface area contributed by atoms with Crippen LogP contribution in [-0.4, -0.2) is 86.6 Å². The number of likely N-dealkylation sites (tertiary alicyclic amines) is 1. The summed E-state index contributed by atoms with van der Waals surface area (Å²) in [4.78, 5) is 49.4. The predicted octanol–water partition coefficient (Wildman–Crippen LogP) is 5.21. The molecule has 1 spiro atoms. The summed E-state index contributed by atoms with van der Waals surface area (Å²) in [7, 11) is 0. The summed E-state index contributed by atoms with van der Waals surface area (Å²) in [6.45, 7) is 23.3. The minimum absolute atomic E-state index is 0.0618. The molecule has 1 aromatic carbocycles. The third-order valence-corrected chi connectivity index (χ3v) is 9.75. The molecular formula is C37H55N3O5. The Morgan fingerprint density at radius 2 is 1.73 bits per heavy atom. The molecule has 1 aromatic rings. The second kappa shape index (κ2) is 13.4. The third kappa shape index (κ3) is 6.78. The van der Waals surface area contributed by atoms with Gasteiger partial charge in [-0.3, -0.25) is 14.4 Å². The lowest BCUT2D eigenvalue weighted by Crippen LogP contribution is -2.62. The molecule has 2 bridgehead atoms. The molecule has 3 amide bonds. The number of carbonyl (C=O) groups excluding carboxylic acids is 3. The first-order valence-corrected chi connectivity index (χ1v) is 16.6. The molecule has 3 saturated heterocycles. The normalized spacial score (nSPS) is 26.6. The fourth-order valence-corrected chi connectivity index (χ4v) is 8.57. The summed E-state index contributed by atoms with van der Waals surface area (Å²) < 4.78 is 6.78. The molecule has 6 atom stereocenters. The van der Waals surface area contributed by atoms with Crippen LogP contribution in [0.3, 0.4) is 0 Å². The van der Waals surface area contributed by atoms with Gasteiger partial charge in [0.1, 0.15) is 11.6 Å². The Balaban J connectivity index is 1.80. The average molecular weight is 622 g/mol. The highest BCUT2D eigenvalue weighted by atomic mass is 16.5. The quantitative estimate of drug-likeness (QED) is 0.288. The lowest BCUT2D eigenvalue weighted by Gasteiger charge is -2.46. The van der Waals surface area contributed by atoms with Gasteiger partial charge in [0.15, 0.2) is 0 Å². The second-order valence-electron chi connectivity index (χ2n) is 15.5. The van der Waals surface area contributed by atoms with Crippen molar-refractivity contribution in [2.75, 3.05) is 19.7 Å². The lowest BCUT2D eigenvalue weighted by molar-refractivity contribution is -0.156. The number of nitrogens with zero attached hydrogens (tertiary/aromatic N) is 3. The van der Waals surface area contributed by atoms with Gasteiger partial charge < -0.3 is 24.5 Å². The third-order valence-electron chi connectivity index (χ3n) is 9.75. The van der Waals surface area contributed by atoms with E-state index >= 15 is 4.79 Å². The highest BCUT2D eigenvalue weighted by Crippen LogP contribution is 2.59. The van der Waals surface area contributed by atoms with Gasteiger partial charge in [0.25, 0.3) is 0 Å². The van der Waals surface area contributed by atoms with Gasteiger partial charge in [0.2, 0.25) is 17.7 Å². The molecule has 3 fully saturated rings. The van der Waals surface area contributed by atoms with Crippen LogP contribution >= 0.6 is 0 Å². The molecule has 4 rings (SSSR count). The number of ether oxygens (including phenoxy) is 1. The van der Waals surface area contributed by atoms with E-state index in [0.717, 1.165) is 12.0 Å². The van der Waals surface area contributed by atoms with E-state index < -0.39 is 41.2 Å². The summed E-state index contributed by atoms with van der Waals surface area (Å²) in [5, 5.41) is 10.7. The summed E-state index contributed by atoms with van der Waals surface area (Å²) in [6, 6.07) is 8.25. The number of benzene rings is 1. The molecule has 3 aliphatic heterocycles. The number of fused-ring (bicyclic) bond motifs is 1. The molecule has 3 heterocycles. The molecule has 0 radical (unpaired) electrons. The van der Waals surface area contributed by atoms with Crippen molar-refractivity contribution in [2.45, 2.75) is 110 Å². The molecule has 8 nitrogen and oxygen atoms in total. The van der Waals surface area contributed by atoms with Crippen molar-refractivity contribution in [1.82, 2.24) is 14.7 Å². The van der Waals surface area contributed by atoms with Gasteiger partial charge in [-0.15, -0.1) is 13.2 Å². The second-order valence-corrected chi connectivity index (χ2v) is 15.5. The van der Waals surface area contributed by atoms with Crippen molar-refractivity contribution in [1.29, 1.82) is 0 Å². The van der Waals surface area contributed by atoms with E-state index in [4.69, 9.17) is 4.74 Å². The topological polar surface area (TPSA) is 90.4 Å². The number of hydrogen-bond donors (Lipinski definition) is 1. The molecule has 0 saturated carbocycles. The molecular weight excluding hydrogens is 566 g/mol. The standard InChI is InChI=1S/C37H55N3O5/c1-10-19-38(22-26-15-13-12-14-16-26)32(42)29-28-17-18-37(45-28)30(29)33(43)40(27(23-41)21-25(3)4)31(37)34(44)39(20-11-2)36(8,9)24-35(5,6)7/h10-16,25,27-31,41H,1-2,17-24H2,3-9H3/t27-,28+,29-,30+,31?,37?/m1/s1. The van der Waals surface area contributed by atoms with Crippen LogP contribution in [0.15, 0.2) is 55.6 Å². The van der Waals surface area contributed by atoms with E-state index in [-0.39, 0.29) is 35.7 Å². The van der Waals surface area contributed by atoms with Crippen molar-refractivity contribution in [3.8, 4) is 0 Å². The maximum absolute atomic E-state index is 15.0. The van der Waals surface area contributed by atoms with Crippen LogP contribution in [-0.2, 0) is 25.7 Å². The van der Waals surface area contributed by atoms with Crippen LogP contribution in [0.1, 0.15) is 79.7 Å². The number of hydrogen-bond acceptors (Lipinski definition) is 5. The Kier molecular flexibility index (Phi) is 10.4. The molecule has 8 heteroatoms. The highest BCUT2D eigenvalue weighted by Gasteiger charge is 2.75. The van der Waals surface area contributed by atoms with Crippen LogP contribution in [0, 0.1) is 23.2 Å². The Morgan fingerprint density at radius 3 is 2.29 bits per heavy atom. The number of aliphatic hydroxyl groups is 1. The van der Waals surface area contributed by atoms with Crippen molar-refractivity contribution < 1.29 is 24.2 Å². The molecule has 2 unspecified atom stereocenters. The number of amides is 3. The van der Waals surface area contributed by atoms with Gasteiger partial charge in [-0.2, -0.15) is 0 Å². The first-order valence-electron chi connectivity index (χ1n) is 16.6.